The molecule has 0 radical (unpaired) electrons. The van der Waals surface area contributed by atoms with Crippen LogP contribution in [0.25, 0.3) is 28.1 Å². The van der Waals surface area contributed by atoms with E-state index in [0.29, 0.717) is 11.4 Å². The molecular formula is C39H41N3O4. The molecule has 4 rings (SSSR count). The number of allylic oxidation sites excluding steroid dienone is 4. The highest BCUT2D eigenvalue weighted by atomic mass is 16.5. The number of carbonyl (C=O) groups is 2. The Kier molecular flexibility index (Phi) is 12.6. The Morgan fingerprint density at radius 3 is 2.07 bits per heavy atom. The van der Waals surface area contributed by atoms with Crippen LogP contribution in [0.15, 0.2) is 117 Å². The molecule has 7 heteroatoms. The molecule has 0 aliphatic carbocycles. The van der Waals surface area contributed by atoms with Crippen LogP contribution >= 0.6 is 0 Å². The molecule has 46 heavy (non-hydrogen) atoms. The Labute approximate surface area is 271 Å². The Hall–Kier alpha value is -5.30. The van der Waals surface area contributed by atoms with Gasteiger partial charge in [-0.2, -0.15) is 0 Å². The number of hydrogen-bond acceptors (Lipinski definition) is 5. The van der Waals surface area contributed by atoms with E-state index in [-0.39, 0.29) is 6.42 Å². The molecule has 2 N–H and O–H groups in total. The van der Waals surface area contributed by atoms with Gasteiger partial charge in [-0.1, -0.05) is 113 Å². The van der Waals surface area contributed by atoms with Crippen molar-refractivity contribution in [3.63, 3.8) is 0 Å². The van der Waals surface area contributed by atoms with Crippen LogP contribution in [0.3, 0.4) is 0 Å². The quantitative estimate of drug-likeness (QED) is 0.0915. The second-order valence-electron chi connectivity index (χ2n) is 11.0. The zero-order valence-corrected chi connectivity index (χ0v) is 26.3. The molecule has 4 aromatic rings. The maximum Gasteiger partial charge on any atom is 0.326 e. The number of benzene rings is 3. The van der Waals surface area contributed by atoms with E-state index in [1.54, 1.807) is 48.8 Å². The third-order valence-corrected chi connectivity index (χ3v) is 7.61. The minimum absolute atomic E-state index is 0.125. The summed E-state index contributed by atoms with van der Waals surface area (Å²) in [6, 6.07) is 21.1. The van der Waals surface area contributed by atoms with Gasteiger partial charge in [0.25, 0.3) is 5.91 Å². The number of unbranched alkanes of at least 4 members (excludes halogenated alkanes) is 4. The van der Waals surface area contributed by atoms with E-state index < -0.39 is 17.9 Å². The summed E-state index contributed by atoms with van der Waals surface area (Å²) in [5.41, 5.74) is 5.58. The molecule has 0 fully saturated rings. The first-order valence-corrected chi connectivity index (χ1v) is 15.7. The highest BCUT2D eigenvalue weighted by molar-refractivity contribution is 5.97. The van der Waals surface area contributed by atoms with E-state index in [9.17, 15) is 14.7 Å². The molecule has 236 valence electrons. The van der Waals surface area contributed by atoms with E-state index in [1.807, 2.05) is 54.6 Å². The Balaban J connectivity index is 1.33. The topological polar surface area (TPSA) is 101 Å². The third-order valence-electron chi connectivity index (χ3n) is 7.61. The van der Waals surface area contributed by atoms with E-state index in [0.717, 1.165) is 52.2 Å². The summed E-state index contributed by atoms with van der Waals surface area (Å²) in [5.74, 6) is -0.155. The van der Waals surface area contributed by atoms with Gasteiger partial charge >= 0.3 is 5.97 Å². The van der Waals surface area contributed by atoms with Crippen LogP contribution < -0.4 is 10.1 Å². The van der Waals surface area contributed by atoms with Crippen LogP contribution in [0, 0.1) is 0 Å². The number of aliphatic carboxylic acids is 1. The average Bonchev–Trinajstić information content (AvgIpc) is 3.09. The van der Waals surface area contributed by atoms with Gasteiger partial charge in [0, 0.05) is 35.5 Å². The molecule has 3 aromatic carbocycles. The summed E-state index contributed by atoms with van der Waals surface area (Å²) in [6.07, 6.45) is 14.9. The van der Waals surface area contributed by atoms with Crippen molar-refractivity contribution in [1.29, 1.82) is 0 Å². The van der Waals surface area contributed by atoms with Crippen molar-refractivity contribution < 1.29 is 19.4 Å². The summed E-state index contributed by atoms with van der Waals surface area (Å²) >= 11 is 0. The number of rotatable bonds is 17. The summed E-state index contributed by atoms with van der Waals surface area (Å²) < 4.78 is 5.87. The number of amides is 1. The van der Waals surface area contributed by atoms with Gasteiger partial charge in [0.05, 0.1) is 6.61 Å². The average molecular weight is 616 g/mol. The number of nitrogens with zero attached hydrogens (tertiary/aromatic N) is 2. The van der Waals surface area contributed by atoms with Crippen molar-refractivity contribution >= 4 is 17.4 Å². The molecular weight excluding hydrogens is 574 g/mol. The van der Waals surface area contributed by atoms with Gasteiger partial charge in [0.1, 0.15) is 11.8 Å². The lowest BCUT2D eigenvalue weighted by atomic mass is 10.0. The first kappa shape index (κ1) is 33.6. The van der Waals surface area contributed by atoms with Crippen LogP contribution in [0.4, 0.5) is 0 Å². The molecule has 1 aromatic heterocycles. The number of carboxylic acids is 1. The lowest BCUT2D eigenvalue weighted by Crippen LogP contribution is -2.42. The van der Waals surface area contributed by atoms with E-state index >= 15 is 0 Å². The molecule has 1 heterocycles. The molecule has 0 spiro atoms. The van der Waals surface area contributed by atoms with Crippen LogP contribution in [-0.4, -0.2) is 39.6 Å². The molecule has 0 aliphatic rings. The third kappa shape index (κ3) is 9.60. The largest absolute Gasteiger partial charge is 0.494 e. The van der Waals surface area contributed by atoms with Crippen LogP contribution in [-0.2, 0) is 11.2 Å². The standard InChI is InChI=1S/C39H41N3O4/c1-4-7-8-9-10-24-46-35-22-20-31(21-23-35)34-26-40-37(41-27-34)32-14-12-28(13-15-32)25-36(39(44)45)42-38(43)33-18-16-30(17-19-33)29(6-3)11-5-2/h5-6,11-23,26-27,36H,2-4,7-10,24-25H2,1H3,(H,42,43)(H,44,45)/b29-11+. The molecule has 1 amide bonds. The van der Waals surface area contributed by atoms with Crippen molar-refractivity contribution in [2.24, 2.45) is 0 Å². The predicted octanol–water partition coefficient (Wildman–Crippen LogP) is 8.34. The monoisotopic (exact) mass is 615 g/mol. The van der Waals surface area contributed by atoms with E-state index in [1.165, 1.54) is 25.7 Å². The van der Waals surface area contributed by atoms with Gasteiger partial charge < -0.3 is 15.2 Å². The van der Waals surface area contributed by atoms with Gasteiger partial charge in [0.2, 0.25) is 0 Å². The maximum absolute atomic E-state index is 12.8. The molecule has 0 bridgehead atoms. The molecule has 0 saturated carbocycles. The van der Waals surface area contributed by atoms with Gasteiger partial charge in [0.15, 0.2) is 5.82 Å². The zero-order valence-electron chi connectivity index (χ0n) is 26.3. The molecule has 0 saturated heterocycles. The summed E-state index contributed by atoms with van der Waals surface area (Å²) in [5, 5.41) is 12.4. The van der Waals surface area contributed by atoms with Crippen molar-refractivity contribution in [3.05, 3.63) is 133 Å². The zero-order chi connectivity index (χ0) is 32.7. The second kappa shape index (κ2) is 17.3. The minimum atomic E-state index is -1.11. The SMILES string of the molecule is C=C/C=C(\C=C)c1ccc(C(=O)NC(Cc2ccc(-c3ncc(-c4ccc(OCCCCCCC)cc4)cn3)cc2)C(=O)O)cc1. The fourth-order valence-corrected chi connectivity index (χ4v) is 4.96. The van der Waals surface area contributed by atoms with Crippen molar-refractivity contribution in [2.45, 2.75) is 51.5 Å². The number of carbonyl (C=O) groups excluding carboxylic acids is 1. The fraction of sp³-hybridized carbons (Fsp3) is 0.231. The van der Waals surface area contributed by atoms with Gasteiger partial charge in [-0.25, -0.2) is 14.8 Å². The van der Waals surface area contributed by atoms with Crippen molar-refractivity contribution in [1.82, 2.24) is 15.3 Å². The normalized spacial score (nSPS) is 11.8. The van der Waals surface area contributed by atoms with Crippen LogP contribution in [0.2, 0.25) is 0 Å². The number of carboxylic acid groups (broad SMARTS) is 1. The second-order valence-corrected chi connectivity index (χ2v) is 11.0. The number of ether oxygens (including phenoxy) is 1. The minimum Gasteiger partial charge on any atom is -0.494 e. The number of aromatic nitrogens is 2. The summed E-state index contributed by atoms with van der Waals surface area (Å²) in [4.78, 5) is 33.9. The Bertz CT molecular complexity index is 1630. The van der Waals surface area contributed by atoms with Crippen LogP contribution in [0.5, 0.6) is 5.75 Å². The van der Waals surface area contributed by atoms with Crippen molar-refractivity contribution in [3.8, 4) is 28.3 Å². The molecule has 7 nitrogen and oxygen atoms in total. The van der Waals surface area contributed by atoms with Gasteiger partial charge in [-0.3, -0.25) is 4.79 Å². The van der Waals surface area contributed by atoms with E-state index in [2.05, 4.69) is 35.4 Å². The van der Waals surface area contributed by atoms with Crippen LogP contribution in [0.1, 0.15) is 60.5 Å². The lowest BCUT2D eigenvalue weighted by Gasteiger charge is -2.15. The Morgan fingerprint density at radius 2 is 1.46 bits per heavy atom. The Morgan fingerprint density at radius 1 is 0.826 bits per heavy atom. The van der Waals surface area contributed by atoms with Crippen molar-refractivity contribution in [2.75, 3.05) is 6.61 Å². The lowest BCUT2D eigenvalue weighted by molar-refractivity contribution is -0.139. The molecule has 1 atom stereocenters. The maximum atomic E-state index is 12.8. The smallest absolute Gasteiger partial charge is 0.326 e. The highest BCUT2D eigenvalue weighted by Gasteiger charge is 2.21. The molecule has 0 aliphatic heterocycles. The molecule has 1 unspecified atom stereocenters. The number of nitrogens with one attached hydrogen (secondary N) is 1. The first-order chi connectivity index (χ1) is 22.4. The first-order valence-electron chi connectivity index (χ1n) is 15.7. The fourth-order valence-electron chi connectivity index (χ4n) is 4.96. The number of hydrogen-bond donors (Lipinski definition) is 2. The summed E-state index contributed by atoms with van der Waals surface area (Å²) in [6.45, 7) is 10.4. The van der Waals surface area contributed by atoms with E-state index in [4.69, 9.17) is 4.74 Å². The summed E-state index contributed by atoms with van der Waals surface area (Å²) in [7, 11) is 0. The predicted molar refractivity (Wildman–Crippen MR) is 185 cm³/mol. The van der Waals surface area contributed by atoms with Gasteiger partial charge in [-0.15, -0.1) is 0 Å². The highest BCUT2D eigenvalue weighted by Crippen LogP contribution is 2.24. The van der Waals surface area contributed by atoms with Gasteiger partial charge in [-0.05, 0) is 52.9 Å².